The summed E-state index contributed by atoms with van der Waals surface area (Å²) < 4.78 is 1.47. The number of hydrogen-bond acceptors (Lipinski definition) is 6. The van der Waals surface area contributed by atoms with E-state index in [2.05, 4.69) is 15.3 Å². The van der Waals surface area contributed by atoms with Crippen LogP contribution in [0, 0.1) is 24.0 Å². The molecule has 0 atom stereocenters. The first-order valence-corrected chi connectivity index (χ1v) is 9.85. The second kappa shape index (κ2) is 8.20. The van der Waals surface area contributed by atoms with E-state index in [0.717, 1.165) is 6.07 Å². The highest BCUT2D eigenvalue weighted by molar-refractivity contribution is 6.34. The molecule has 2 aromatic carbocycles. The number of carbonyl (C=O) groups excluding carboxylic acids is 1. The molecule has 0 spiro atoms. The van der Waals surface area contributed by atoms with Crippen molar-refractivity contribution in [3.8, 4) is 5.69 Å². The van der Waals surface area contributed by atoms with Crippen LogP contribution >= 0.6 is 11.6 Å². The Morgan fingerprint density at radius 1 is 1.16 bits per heavy atom. The molecular weight excluding hydrogens is 434 g/mol. The number of aromatic nitrogens is 3. The fourth-order valence-electron chi connectivity index (χ4n) is 3.35. The number of nitrogens with one attached hydrogen (secondary N) is 1. The van der Waals surface area contributed by atoms with Gasteiger partial charge >= 0.3 is 0 Å². The average Bonchev–Trinajstić information content (AvgIpc) is 2.75. The highest BCUT2D eigenvalue weighted by atomic mass is 35.5. The summed E-state index contributed by atoms with van der Waals surface area (Å²) in [6.45, 7) is 3.48. The molecule has 1 N–H and O–H groups in total. The number of pyridine rings is 1. The van der Waals surface area contributed by atoms with Crippen molar-refractivity contribution in [1.82, 2.24) is 14.5 Å². The molecule has 1 amide bonds. The number of hydrogen-bond donors (Lipinski definition) is 1. The van der Waals surface area contributed by atoms with Crippen LogP contribution in [0.15, 0.2) is 59.5 Å². The maximum atomic E-state index is 13.0. The van der Waals surface area contributed by atoms with E-state index in [1.54, 1.807) is 50.4 Å². The Bertz CT molecular complexity index is 1460. The molecule has 2 heterocycles. The lowest BCUT2D eigenvalue weighted by atomic mass is 10.1. The molecule has 0 aliphatic heterocycles. The van der Waals surface area contributed by atoms with Gasteiger partial charge in [0.15, 0.2) is 5.65 Å². The lowest BCUT2D eigenvalue weighted by molar-refractivity contribution is -0.384. The second-order valence-corrected chi connectivity index (χ2v) is 7.46. The molecular formula is C22H16ClN5O4. The van der Waals surface area contributed by atoms with Gasteiger partial charge in [-0.3, -0.25) is 24.3 Å². The zero-order valence-corrected chi connectivity index (χ0v) is 17.8. The van der Waals surface area contributed by atoms with Gasteiger partial charge in [0.25, 0.3) is 17.2 Å². The number of nitro groups is 1. The Morgan fingerprint density at radius 3 is 2.66 bits per heavy atom. The molecule has 160 valence electrons. The van der Waals surface area contributed by atoms with Gasteiger partial charge in [0.2, 0.25) is 0 Å². The monoisotopic (exact) mass is 449 g/mol. The third kappa shape index (κ3) is 3.81. The van der Waals surface area contributed by atoms with Crippen LogP contribution in [0.5, 0.6) is 0 Å². The molecule has 9 nitrogen and oxygen atoms in total. The highest BCUT2D eigenvalue weighted by Gasteiger charge is 2.17. The Kier molecular flexibility index (Phi) is 5.41. The first kappa shape index (κ1) is 21.1. The lowest BCUT2D eigenvalue weighted by Gasteiger charge is -2.14. The highest BCUT2D eigenvalue weighted by Crippen LogP contribution is 2.25. The van der Waals surface area contributed by atoms with E-state index in [4.69, 9.17) is 11.6 Å². The number of rotatable bonds is 4. The van der Waals surface area contributed by atoms with E-state index < -0.39 is 10.8 Å². The quantitative estimate of drug-likeness (QED) is 0.368. The Hall–Kier alpha value is -4.11. The number of carbonyl (C=O) groups is 1. The first-order valence-electron chi connectivity index (χ1n) is 9.47. The maximum Gasteiger partial charge on any atom is 0.270 e. The number of nitro benzene ring substituents is 1. The Balaban J connectivity index is 1.69. The van der Waals surface area contributed by atoms with Crippen molar-refractivity contribution in [2.24, 2.45) is 0 Å². The summed E-state index contributed by atoms with van der Waals surface area (Å²) in [5, 5.41) is 14.2. The summed E-state index contributed by atoms with van der Waals surface area (Å²) in [7, 11) is 0. The minimum Gasteiger partial charge on any atom is -0.322 e. The topological polar surface area (TPSA) is 120 Å². The van der Waals surface area contributed by atoms with Gasteiger partial charge in [-0.05, 0) is 55.8 Å². The van der Waals surface area contributed by atoms with Crippen LogP contribution in [0.3, 0.4) is 0 Å². The molecule has 0 bridgehead atoms. The van der Waals surface area contributed by atoms with E-state index >= 15 is 0 Å². The van der Waals surface area contributed by atoms with E-state index in [1.165, 1.54) is 16.7 Å². The number of halogens is 1. The minimum atomic E-state index is -0.597. The summed E-state index contributed by atoms with van der Waals surface area (Å²) in [4.78, 5) is 44.6. The number of benzene rings is 2. The van der Waals surface area contributed by atoms with Crippen LogP contribution in [0.4, 0.5) is 11.4 Å². The van der Waals surface area contributed by atoms with Gasteiger partial charge in [0, 0.05) is 24.0 Å². The number of anilines is 1. The molecule has 2 aromatic heterocycles. The maximum absolute atomic E-state index is 13.0. The molecule has 0 aliphatic rings. The first-order chi connectivity index (χ1) is 15.3. The molecule has 0 fully saturated rings. The summed E-state index contributed by atoms with van der Waals surface area (Å²) in [6.07, 6.45) is 1.58. The molecule has 32 heavy (non-hydrogen) atoms. The smallest absolute Gasteiger partial charge is 0.270 e. The van der Waals surface area contributed by atoms with Gasteiger partial charge in [-0.25, -0.2) is 9.97 Å². The SMILES string of the molecule is Cc1cc(-n2c(C)nc3ncccc3c2=O)ccc1NC(=O)c1cc([N+](=O)[O-])ccc1Cl. The fraction of sp³-hybridized carbons (Fsp3) is 0.0909. The van der Waals surface area contributed by atoms with Gasteiger partial charge in [-0.15, -0.1) is 0 Å². The van der Waals surface area contributed by atoms with Crippen LogP contribution in [0.25, 0.3) is 16.7 Å². The minimum absolute atomic E-state index is 0.0114. The molecule has 0 aliphatic carbocycles. The number of amides is 1. The van der Waals surface area contributed by atoms with Crippen LogP contribution < -0.4 is 10.9 Å². The van der Waals surface area contributed by atoms with Gasteiger partial charge in [0.1, 0.15) is 5.82 Å². The van der Waals surface area contributed by atoms with Crippen LogP contribution in [0.1, 0.15) is 21.7 Å². The van der Waals surface area contributed by atoms with Crippen molar-refractivity contribution in [1.29, 1.82) is 0 Å². The summed E-state index contributed by atoms with van der Waals surface area (Å²) in [5.41, 5.74) is 1.61. The van der Waals surface area contributed by atoms with Gasteiger partial charge in [-0.1, -0.05) is 11.6 Å². The third-order valence-electron chi connectivity index (χ3n) is 4.93. The van der Waals surface area contributed by atoms with E-state index in [-0.39, 0.29) is 21.8 Å². The van der Waals surface area contributed by atoms with Gasteiger partial charge < -0.3 is 5.32 Å². The second-order valence-electron chi connectivity index (χ2n) is 7.05. The predicted molar refractivity (Wildman–Crippen MR) is 121 cm³/mol. The predicted octanol–water partition coefficient (Wildman–Crippen LogP) is 4.21. The molecule has 4 aromatic rings. The summed E-state index contributed by atoms with van der Waals surface area (Å²) in [6, 6.07) is 12.1. The summed E-state index contributed by atoms with van der Waals surface area (Å²) >= 11 is 6.06. The Morgan fingerprint density at radius 2 is 1.94 bits per heavy atom. The molecule has 0 saturated carbocycles. The number of fused-ring (bicyclic) bond motifs is 1. The normalized spacial score (nSPS) is 10.8. The standard InChI is InChI=1S/C22H16ClN5O4/c1-12-10-14(27-13(2)25-20-16(22(27)30)4-3-9-24-20)6-8-19(12)26-21(29)17-11-15(28(31)32)5-7-18(17)23/h3-11H,1-2H3,(H,26,29). The van der Waals surface area contributed by atoms with Crippen molar-refractivity contribution in [2.45, 2.75) is 13.8 Å². The van der Waals surface area contributed by atoms with Crippen molar-refractivity contribution in [2.75, 3.05) is 5.32 Å². The third-order valence-corrected chi connectivity index (χ3v) is 5.26. The van der Waals surface area contributed by atoms with Gasteiger partial charge in [0.05, 0.1) is 26.6 Å². The number of nitrogens with zero attached hydrogens (tertiary/aromatic N) is 4. The van der Waals surface area contributed by atoms with Crippen molar-refractivity contribution in [3.63, 3.8) is 0 Å². The molecule has 0 unspecified atom stereocenters. The van der Waals surface area contributed by atoms with Crippen molar-refractivity contribution >= 4 is 39.9 Å². The summed E-state index contributed by atoms with van der Waals surface area (Å²) in [5.74, 6) is -0.109. The lowest BCUT2D eigenvalue weighted by Crippen LogP contribution is -2.23. The van der Waals surface area contributed by atoms with Crippen molar-refractivity contribution < 1.29 is 9.72 Å². The van der Waals surface area contributed by atoms with Crippen molar-refractivity contribution in [3.05, 3.63) is 97.2 Å². The zero-order chi connectivity index (χ0) is 23.0. The average molecular weight is 450 g/mol. The molecule has 0 saturated heterocycles. The number of aryl methyl sites for hydroxylation is 2. The van der Waals surface area contributed by atoms with Gasteiger partial charge in [-0.2, -0.15) is 0 Å². The van der Waals surface area contributed by atoms with E-state index in [1.807, 2.05) is 0 Å². The molecule has 0 radical (unpaired) electrons. The van der Waals surface area contributed by atoms with Crippen LogP contribution in [-0.2, 0) is 0 Å². The van der Waals surface area contributed by atoms with E-state index in [9.17, 15) is 19.7 Å². The Labute approximate surface area is 186 Å². The fourth-order valence-corrected chi connectivity index (χ4v) is 3.55. The van der Waals surface area contributed by atoms with E-state index in [0.29, 0.717) is 33.8 Å². The van der Waals surface area contributed by atoms with Crippen LogP contribution in [-0.4, -0.2) is 25.4 Å². The molecule has 4 rings (SSSR count). The van der Waals surface area contributed by atoms with Crippen LogP contribution in [0.2, 0.25) is 5.02 Å². The molecule has 10 heteroatoms. The largest absolute Gasteiger partial charge is 0.322 e. The zero-order valence-electron chi connectivity index (χ0n) is 17.0. The number of non-ortho nitro benzene ring substituents is 1.